The van der Waals surface area contributed by atoms with Gasteiger partial charge in [-0.25, -0.2) is 9.97 Å². The van der Waals surface area contributed by atoms with E-state index in [4.69, 9.17) is 0 Å². The van der Waals surface area contributed by atoms with Gasteiger partial charge in [-0.3, -0.25) is 4.79 Å². The summed E-state index contributed by atoms with van der Waals surface area (Å²) >= 11 is 1.47. The largest absolute Gasteiger partial charge is 0.370 e. The highest BCUT2D eigenvalue weighted by Gasteiger charge is 2.13. The lowest BCUT2D eigenvalue weighted by molar-refractivity contribution is -0.121. The molecule has 0 saturated carbocycles. The number of carbonyl (C=O) groups is 1. The summed E-state index contributed by atoms with van der Waals surface area (Å²) in [5.41, 5.74) is 0. The number of amides is 1. The normalized spacial score (nSPS) is 11.8. The zero-order valence-electron chi connectivity index (χ0n) is 12.5. The Kier molecular flexibility index (Phi) is 7.14. The van der Waals surface area contributed by atoms with Crippen molar-refractivity contribution >= 4 is 29.3 Å². The van der Waals surface area contributed by atoms with Crippen molar-refractivity contribution in [2.45, 2.75) is 38.4 Å². The average molecular weight is 297 g/mol. The summed E-state index contributed by atoms with van der Waals surface area (Å²) in [6, 6.07) is 1.49. The van der Waals surface area contributed by atoms with E-state index < -0.39 is 0 Å². The molecule has 1 heterocycles. The lowest BCUT2D eigenvalue weighted by atomic mass is 10.3. The van der Waals surface area contributed by atoms with Crippen LogP contribution in [-0.4, -0.2) is 41.3 Å². The van der Waals surface area contributed by atoms with E-state index >= 15 is 0 Å². The van der Waals surface area contributed by atoms with Crippen molar-refractivity contribution in [1.82, 2.24) is 15.3 Å². The summed E-state index contributed by atoms with van der Waals surface area (Å²) in [6.45, 7) is 7.28. The van der Waals surface area contributed by atoms with Crippen molar-refractivity contribution in [3.05, 3.63) is 6.07 Å². The first-order valence-corrected chi connectivity index (χ1v) is 8.04. The van der Waals surface area contributed by atoms with Gasteiger partial charge < -0.3 is 16.0 Å². The van der Waals surface area contributed by atoms with Gasteiger partial charge in [0.1, 0.15) is 17.7 Å². The Morgan fingerprint density at radius 2 is 2.05 bits per heavy atom. The smallest absolute Gasteiger partial charge is 0.242 e. The topological polar surface area (TPSA) is 78.9 Å². The summed E-state index contributed by atoms with van der Waals surface area (Å²) < 4.78 is 0. The van der Waals surface area contributed by atoms with Crippen LogP contribution < -0.4 is 16.0 Å². The number of rotatable bonds is 8. The van der Waals surface area contributed by atoms with Gasteiger partial charge in [-0.05, 0) is 26.5 Å². The predicted octanol–water partition coefficient (Wildman–Crippen LogP) is 1.96. The van der Waals surface area contributed by atoms with Gasteiger partial charge in [-0.1, -0.05) is 18.7 Å². The van der Waals surface area contributed by atoms with E-state index in [2.05, 4.69) is 32.8 Å². The molecule has 1 unspecified atom stereocenters. The predicted molar refractivity (Wildman–Crippen MR) is 84.4 cm³/mol. The summed E-state index contributed by atoms with van der Waals surface area (Å²) in [4.78, 5) is 20.5. The molecule has 3 N–H and O–H groups in total. The highest BCUT2D eigenvalue weighted by molar-refractivity contribution is 7.98. The lowest BCUT2D eigenvalue weighted by Crippen LogP contribution is -2.37. The summed E-state index contributed by atoms with van der Waals surface area (Å²) in [5.74, 6) is 1.39. The van der Waals surface area contributed by atoms with Gasteiger partial charge in [0.2, 0.25) is 5.91 Å². The Hall–Kier alpha value is -1.50. The van der Waals surface area contributed by atoms with Crippen LogP contribution in [-0.2, 0) is 4.79 Å². The van der Waals surface area contributed by atoms with E-state index in [0.717, 1.165) is 18.8 Å². The number of hydrogen-bond donors (Lipinski definition) is 3. The molecule has 1 atom stereocenters. The van der Waals surface area contributed by atoms with Crippen LogP contribution in [0.3, 0.4) is 0 Å². The monoisotopic (exact) mass is 297 g/mol. The van der Waals surface area contributed by atoms with E-state index in [-0.39, 0.29) is 11.9 Å². The maximum Gasteiger partial charge on any atom is 0.242 e. The van der Waals surface area contributed by atoms with Gasteiger partial charge >= 0.3 is 0 Å². The minimum Gasteiger partial charge on any atom is -0.370 e. The molecule has 0 fully saturated rings. The summed E-state index contributed by atoms with van der Waals surface area (Å²) in [7, 11) is 0. The van der Waals surface area contributed by atoms with E-state index in [0.29, 0.717) is 17.5 Å². The molecule has 0 aliphatic heterocycles. The number of likely N-dealkylation sites (N-methyl/N-ethyl adjacent to an activating group) is 1. The first-order valence-electron chi connectivity index (χ1n) is 6.81. The molecule has 1 amide bonds. The van der Waals surface area contributed by atoms with Crippen molar-refractivity contribution < 1.29 is 4.79 Å². The van der Waals surface area contributed by atoms with Crippen LogP contribution in [0.4, 0.5) is 11.6 Å². The number of anilines is 2. The second kappa shape index (κ2) is 8.63. The number of hydrogen-bond acceptors (Lipinski definition) is 6. The quantitative estimate of drug-likeness (QED) is 0.503. The molecule has 6 nitrogen and oxygen atoms in total. The molecule has 0 aliphatic carbocycles. The van der Waals surface area contributed by atoms with Crippen LogP contribution in [0.1, 0.15) is 27.2 Å². The molecule has 112 valence electrons. The van der Waals surface area contributed by atoms with E-state index in [1.807, 2.05) is 26.2 Å². The minimum absolute atomic E-state index is 0.0418. The molecule has 7 heteroatoms. The van der Waals surface area contributed by atoms with Crippen molar-refractivity contribution in [1.29, 1.82) is 0 Å². The van der Waals surface area contributed by atoms with E-state index in [1.54, 1.807) is 0 Å². The molecule has 1 aromatic heterocycles. The van der Waals surface area contributed by atoms with Crippen molar-refractivity contribution in [3.8, 4) is 0 Å². The maximum absolute atomic E-state index is 11.7. The molecule has 20 heavy (non-hydrogen) atoms. The molecule has 0 saturated heterocycles. The standard InChI is InChI=1S/C13H23N5OS/c1-5-7-15-10-8-11(18-13(17-10)20-4)16-9(3)12(19)14-6-2/h8-9H,5-7H2,1-4H3,(H,14,19)(H2,15,16,17,18). The molecule has 0 aromatic carbocycles. The number of nitrogens with zero attached hydrogens (tertiary/aromatic N) is 2. The molecule has 0 radical (unpaired) electrons. The highest BCUT2D eigenvalue weighted by Crippen LogP contribution is 2.17. The van der Waals surface area contributed by atoms with Crippen molar-refractivity contribution in [2.24, 2.45) is 0 Å². The summed E-state index contributed by atoms with van der Waals surface area (Å²) in [5, 5.41) is 9.79. The summed E-state index contributed by atoms with van der Waals surface area (Å²) in [6.07, 6.45) is 2.95. The fourth-order valence-electron chi connectivity index (χ4n) is 1.55. The highest BCUT2D eigenvalue weighted by atomic mass is 32.2. The zero-order chi connectivity index (χ0) is 15.0. The van der Waals surface area contributed by atoms with Gasteiger partial charge in [0, 0.05) is 19.2 Å². The second-order valence-electron chi connectivity index (χ2n) is 4.31. The SMILES string of the molecule is CCCNc1cc(NC(C)C(=O)NCC)nc(SC)n1. The maximum atomic E-state index is 11.7. The fraction of sp³-hybridized carbons (Fsp3) is 0.615. The number of aromatic nitrogens is 2. The third kappa shape index (κ3) is 5.24. The van der Waals surface area contributed by atoms with E-state index in [9.17, 15) is 4.79 Å². The molecular formula is C13H23N5OS. The Bertz CT molecular complexity index is 441. The molecule has 1 aromatic rings. The Balaban J connectivity index is 2.79. The molecular weight excluding hydrogens is 274 g/mol. The molecule has 0 spiro atoms. The van der Waals surface area contributed by atoms with Crippen LogP contribution in [0.5, 0.6) is 0 Å². The van der Waals surface area contributed by atoms with E-state index in [1.165, 1.54) is 11.8 Å². The van der Waals surface area contributed by atoms with Crippen molar-refractivity contribution in [2.75, 3.05) is 30.0 Å². The molecule has 1 rings (SSSR count). The van der Waals surface area contributed by atoms with Gasteiger partial charge in [-0.15, -0.1) is 0 Å². The Morgan fingerprint density at radius 1 is 1.35 bits per heavy atom. The zero-order valence-corrected chi connectivity index (χ0v) is 13.3. The van der Waals surface area contributed by atoms with Crippen LogP contribution in [0.15, 0.2) is 11.2 Å². The molecule has 0 bridgehead atoms. The van der Waals surface area contributed by atoms with Crippen LogP contribution >= 0.6 is 11.8 Å². The van der Waals surface area contributed by atoms with Crippen LogP contribution in [0.25, 0.3) is 0 Å². The van der Waals surface area contributed by atoms with Gasteiger partial charge in [0.05, 0.1) is 0 Å². The average Bonchev–Trinajstić information content (AvgIpc) is 2.45. The first-order chi connectivity index (χ1) is 9.60. The minimum atomic E-state index is -0.335. The fourth-order valence-corrected chi connectivity index (χ4v) is 1.93. The third-order valence-corrected chi connectivity index (χ3v) is 3.10. The number of nitrogens with one attached hydrogen (secondary N) is 3. The third-order valence-electron chi connectivity index (χ3n) is 2.55. The van der Waals surface area contributed by atoms with Gasteiger partial charge in [-0.2, -0.15) is 0 Å². The van der Waals surface area contributed by atoms with Crippen molar-refractivity contribution in [3.63, 3.8) is 0 Å². The van der Waals surface area contributed by atoms with Crippen LogP contribution in [0.2, 0.25) is 0 Å². The Labute approximate surface area is 124 Å². The first kappa shape index (κ1) is 16.6. The number of thioether (sulfide) groups is 1. The molecule has 0 aliphatic rings. The Morgan fingerprint density at radius 3 is 2.65 bits per heavy atom. The number of carbonyl (C=O) groups excluding carboxylic acids is 1. The van der Waals surface area contributed by atoms with Crippen LogP contribution in [0, 0.1) is 0 Å². The van der Waals surface area contributed by atoms with Gasteiger partial charge in [0.25, 0.3) is 0 Å². The van der Waals surface area contributed by atoms with Gasteiger partial charge in [0.15, 0.2) is 5.16 Å². The second-order valence-corrected chi connectivity index (χ2v) is 5.09. The lowest BCUT2D eigenvalue weighted by Gasteiger charge is -2.15.